The van der Waals surface area contributed by atoms with Crippen molar-refractivity contribution in [2.45, 2.75) is 0 Å². The maximum Gasteiger partial charge on any atom is 0.0542 e. The van der Waals surface area contributed by atoms with E-state index in [2.05, 4.69) is 170 Å². The van der Waals surface area contributed by atoms with E-state index in [4.69, 9.17) is 0 Å². The van der Waals surface area contributed by atoms with Gasteiger partial charge in [-0.15, -0.1) is 22.7 Å². The summed E-state index contributed by atoms with van der Waals surface area (Å²) in [5, 5.41) is 13.0. The van der Waals surface area contributed by atoms with Crippen molar-refractivity contribution >= 4 is 95.3 Å². The first kappa shape index (κ1) is 28.1. The third-order valence-corrected chi connectivity index (χ3v) is 12.9. The molecule has 9 aromatic carbocycles. The minimum atomic E-state index is 1.24. The first-order valence-corrected chi connectivity index (χ1v) is 18.7. The summed E-state index contributed by atoms with van der Waals surface area (Å²) in [7, 11) is 0. The Labute approximate surface area is 297 Å². The quantitative estimate of drug-likeness (QED) is 0.176. The van der Waals surface area contributed by atoms with E-state index < -0.39 is 0 Å². The molecule has 0 aliphatic rings. The fraction of sp³-hybridized carbons (Fsp3) is 0. The van der Waals surface area contributed by atoms with Gasteiger partial charge in [0.05, 0.1) is 9.40 Å². The molecule has 2 heteroatoms. The maximum absolute atomic E-state index is 2.41. The van der Waals surface area contributed by atoms with Gasteiger partial charge in [0.1, 0.15) is 0 Å². The molecule has 0 spiro atoms. The smallest absolute Gasteiger partial charge is 0.0542 e. The predicted octanol–water partition coefficient (Wildman–Crippen LogP) is 14.9. The van der Waals surface area contributed by atoms with Gasteiger partial charge in [0.25, 0.3) is 0 Å². The monoisotopic (exact) mass is 668 g/mol. The van der Waals surface area contributed by atoms with Crippen molar-refractivity contribution in [2.24, 2.45) is 0 Å². The van der Waals surface area contributed by atoms with Gasteiger partial charge in [-0.1, -0.05) is 127 Å². The maximum atomic E-state index is 2.41. The molecule has 0 saturated carbocycles. The van der Waals surface area contributed by atoms with Crippen LogP contribution in [0.1, 0.15) is 0 Å². The molecule has 11 rings (SSSR count). The zero-order valence-corrected chi connectivity index (χ0v) is 28.6. The minimum absolute atomic E-state index is 1.24. The molecule has 0 bridgehead atoms. The normalized spacial score (nSPS) is 12.0. The third kappa shape index (κ3) is 4.36. The average molecular weight is 669 g/mol. The van der Waals surface area contributed by atoms with Crippen LogP contribution in [0.25, 0.3) is 106 Å². The summed E-state index contributed by atoms with van der Waals surface area (Å²) < 4.78 is 5.55. The highest BCUT2D eigenvalue weighted by molar-refractivity contribution is 7.36. The summed E-state index contributed by atoms with van der Waals surface area (Å²) in [5.74, 6) is 0. The van der Waals surface area contributed by atoms with Gasteiger partial charge in [-0.25, -0.2) is 0 Å². The summed E-state index contributed by atoms with van der Waals surface area (Å²) >= 11 is 3.87. The molecule has 0 atom stereocenters. The van der Waals surface area contributed by atoms with Crippen molar-refractivity contribution in [3.8, 4) is 33.4 Å². The van der Waals surface area contributed by atoms with Gasteiger partial charge in [-0.05, 0) is 119 Å². The largest absolute Gasteiger partial charge is 0.134 e. The molecular formula is C48H28S2. The Kier molecular flexibility index (Phi) is 6.09. The molecule has 0 aliphatic heterocycles. The van der Waals surface area contributed by atoms with Crippen molar-refractivity contribution in [1.82, 2.24) is 0 Å². The molecule has 0 nitrogen and oxygen atoms in total. The Morgan fingerprint density at radius 3 is 1.32 bits per heavy atom. The number of thiophene rings is 2. The lowest BCUT2D eigenvalue weighted by atomic mass is 9.90. The van der Waals surface area contributed by atoms with Gasteiger partial charge >= 0.3 is 0 Å². The van der Waals surface area contributed by atoms with E-state index in [1.807, 2.05) is 22.7 Å². The van der Waals surface area contributed by atoms with Crippen LogP contribution in [0.15, 0.2) is 170 Å². The van der Waals surface area contributed by atoms with Gasteiger partial charge in [0.2, 0.25) is 0 Å². The zero-order chi connectivity index (χ0) is 32.8. The van der Waals surface area contributed by atoms with Crippen LogP contribution in [0.5, 0.6) is 0 Å². The first-order chi connectivity index (χ1) is 24.7. The van der Waals surface area contributed by atoms with Gasteiger partial charge in [-0.3, -0.25) is 0 Å². The number of rotatable bonds is 3. The molecule has 0 N–H and O–H groups in total. The van der Waals surface area contributed by atoms with E-state index >= 15 is 0 Å². The highest BCUT2D eigenvalue weighted by Crippen LogP contribution is 2.47. The van der Waals surface area contributed by atoms with Crippen molar-refractivity contribution in [3.63, 3.8) is 0 Å². The van der Waals surface area contributed by atoms with Crippen LogP contribution >= 0.6 is 22.7 Å². The van der Waals surface area contributed by atoms with Crippen molar-refractivity contribution < 1.29 is 0 Å². The highest BCUT2D eigenvalue weighted by Gasteiger charge is 2.15. The Bertz CT molecular complexity index is 3140. The molecule has 0 radical (unpaired) electrons. The van der Waals surface area contributed by atoms with Crippen LogP contribution in [0, 0.1) is 0 Å². The van der Waals surface area contributed by atoms with Crippen LogP contribution in [-0.2, 0) is 0 Å². The van der Waals surface area contributed by atoms with Crippen LogP contribution in [0.3, 0.4) is 0 Å². The lowest BCUT2D eigenvalue weighted by Crippen LogP contribution is -1.87. The number of hydrogen-bond donors (Lipinski definition) is 0. The Balaban J connectivity index is 1.01. The molecule has 0 fully saturated rings. The number of fused-ring (bicyclic) bond motifs is 9. The molecule has 0 aliphatic carbocycles. The van der Waals surface area contributed by atoms with Gasteiger partial charge in [0.15, 0.2) is 0 Å². The molecule has 2 heterocycles. The van der Waals surface area contributed by atoms with E-state index in [0.29, 0.717) is 0 Å². The van der Waals surface area contributed by atoms with E-state index in [9.17, 15) is 0 Å². The lowest BCUT2D eigenvalue weighted by molar-refractivity contribution is 1.63. The lowest BCUT2D eigenvalue weighted by Gasteiger charge is -2.14. The van der Waals surface area contributed by atoms with Crippen LogP contribution in [-0.4, -0.2) is 0 Å². The highest BCUT2D eigenvalue weighted by atomic mass is 32.1. The summed E-state index contributed by atoms with van der Waals surface area (Å²) in [4.78, 5) is 0. The first-order valence-electron chi connectivity index (χ1n) is 17.1. The molecule has 0 saturated heterocycles. The molecule has 0 unspecified atom stereocenters. The van der Waals surface area contributed by atoms with Crippen LogP contribution in [0.2, 0.25) is 0 Å². The minimum Gasteiger partial charge on any atom is -0.134 e. The molecule has 0 amide bonds. The van der Waals surface area contributed by atoms with Gasteiger partial charge in [-0.2, -0.15) is 0 Å². The third-order valence-electron chi connectivity index (χ3n) is 10.4. The molecule has 50 heavy (non-hydrogen) atoms. The molecular weight excluding hydrogens is 641 g/mol. The molecule has 11 aromatic rings. The Morgan fingerprint density at radius 1 is 0.260 bits per heavy atom. The Hall–Kier alpha value is -5.80. The molecule has 232 valence electrons. The average Bonchev–Trinajstić information content (AvgIpc) is 3.70. The summed E-state index contributed by atoms with van der Waals surface area (Å²) in [5.41, 5.74) is 7.52. The van der Waals surface area contributed by atoms with Gasteiger partial charge in [0, 0.05) is 20.2 Å². The second-order valence-electron chi connectivity index (χ2n) is 13.3. The SMILES string of the molecule is c1ccc(-c2ccc3cc(-c4ccc(-c5ccc6cc7c(cc6c5)sc5c6cc8ccccc8cc6sc75)c5ccccc45)ccc3c2)cc1. The van der Waals surface area contributed by atoms with E-state index in [1.165, 1.54) is 106 Å². The Morgan fingerprint density at radius 2 is 0.700 bits per heavy atom. The predicted molar refractivity (Wildman–Crippen MR) is 221 cm³/mol. The fourth-order valence-corrected chi connectivity index (χ4v) is 10.6. The summed E-state index contributed by atoms with van der Waals surface area (Å²) in [6.45, 7) is 0. The van der Waals surface area contributed by atoms with E-state index in [0.717, 1.165) is 0 Å². The van der Waals surface area contributed by atoms with Crippen molar-refractivity contribution in [2.75, 3.05) is 0 Å². The number of benzene rings is 9. The van der Waals surface area contributed by atoms with E-state index in [1.54, 1.807) is 0 Å². The topological polar surface area (TPSA) is 0 Å². The second kappa shape index (κ2) is 10.9. The molecule has 2 aromatic heterocycles. The summed E-state index contributed by atoms with van der Waals surface area (Å²) in [6, 6.07) is 63.0. The number of hydrogen-bond acceptors (Lipinski definition) is 2. The fourth-order valence-electron chi connectivity index (χ4n) is 7.88. The standard InChI is InChI=1S/C48H28S2/c1-2-8-29(9-3-1)32-14-15-34-23-36(18-16-33(34)22-32)39-20-21-40(42-13-7-6-12-41(39)42)37-19-17-35-26-44-46(28-38(35)24-37)50-47-43-25-30-10-4-5-11-31(30)27-45(43)49-48(44)47/h1-28H. The zero-order valence-electron chi connectivity index (χ0n) is 27.0. The van der Waals surface area contributed by atoms with Crippen LogP contribution < -0.4 is 0 Å². The van der Waals surface area contributed by atoms with E-state index in [-0.39, 0.29) is 0 Å². The van der Waals surface area contributed by atoms with Gasteiger partial charge < -0.3 is 0 Å². The summed E-state index contributed by atoms with van der Waals surface area (Å²) in [6.07, 6.45) is 0. The van der Waals surface area contributed by atoms with Crippen molar-refractivity contribution in [3.05, 3.63) is 170 Å². The second-order valence-corrected chi connectivity index (χ2v) is 15.4. The van der Waals surface area contributed by atoms with Crippen molar-refractivity contribution in [1.29, 1.82) is 0 Å². The van der Waals surface area contributed by atoms with Crippen LogP contribution in [0.4, 0.5) is 0 Å².